The fourth-order valence-corrected chi connectivity index (χ4v) is 4.42. The Labute approximate surface area is 155 Å². The summed E-state index contributed by atoms with van der Waals surface area (Å²) in [6.45, 7) is 0.746. The van der Waals surface area contributed by atoms with E-state index in [1.165, 1.54) is 13.2 Å². The van der Waals surface area contributed by atoms with Gasteiger partial charge in [0, 0.05) is 40.0 Å². The number of hydrogen-bond acceptors (Lipinski definition) is 7. The minimum absolute atomic E-state index is 0.0470. The van der Waals surface area contributed by atoms with Crippen LogP contribution in [0.25, 0.3) is 0 Å². The SMILES string of the molecule is COc1ccc([N+](=O)[O-])c(COCCCCCC[Si](OC)(OC)OC)c1. The number of hydrogen-bond donors (Lipinski definition) is 0. The first-order valence-electron chi connectivity index (χ1n) is 8.56. The van der Waals surface area contributed by atoms with Crippen LogP contribution in [0.5, 0.6) is 5.75 Å². The fourth-order valence-electron chi connectivity index (χ4n) is 2.62. The van der Waals surface area contributed by atoms with E-state index in [-0.39, 0.29) is 12.3 Å². The lowest BCUT2D eigenvalue weighted by Crippen LogP contribution is -2.42. The van der Waals surface area contributed by atoms with E-state index in [2.05, 4.69) is 0 Å². The average Bonchev–Trinajstić information content (AvgIpc) is 2.67. The number of unbranched alkanes of at least 4 members (excludes halogenated alkanes) is 3. The van der Waals surface area contributed by atoms with Gasteiger partial charge in [-0.2, -0.15) is 0 Å². The van der Waals surface area contributed by atoms with Gasteiger partial charge in [0.15, 0.2) is 0 Å². The van der Waals surface area contributed by atoms with E-state index in [9.17, 15) is 10.1 Å². The van der Waals surface area contributed by atoms with E-state index in [4.69, 9.17) is 22.8 Å². The Hall–Kier alpha value is -1.52. The summed E-state index contributed by atoms with van der Waals surface area (Å²) >= 11 is 0. The molecule has 0 aliphatic heterocycles. The highest BCUT2D eigenvalue weighted by atomic mass is 28.4. The van der Waals surface area contributed by atoms with Crippen molar-refractivity contribution in [3.63, 3.8) is 0 Å². The molecule has 0 radical (unpaired) electrons. The maximum atomic E-state index is 11.1. The Morgan fingerprint density at radius 1 is 1.00 bits per heavy atom. The average molecular weight is 388 g/mol. The molecule has 1 aromatic rings. The molecule has 148 valence electrons. The van der Waals surface area contributed by atoms with Gasteiger partial charge in [-0.15, -0.1) is 0 Å². The third kappa shape index (κ3) is 7.00. The molecule has 1 aromatic carbocycles. The van der Waals surface area contributed by atoms with Gasteiger partial charge in [-0.05, 0) is 25.0 Å². The highest BCUT2D eigenvalue weighted by Gasteiger charge is 2.36. The lowest BCUT2D eigenvalue weighted by atomic mass is 10.2. The Morgan fingerprint density at radius 2 is 1.65 bits per heavy atom. The Morgan fingerprint density at radius 3 is 2.23 bits per heavy atom. The van der Waals surface area contributed by atoms with Crippen LogP contribution in [-0.4, -0.2) is 48.8 Å². The van der Waals surface area contributed by atoms with Gasteiger partial charge in [0.25, 0.3) is 5.69 Å². The number of nitro groups is 1. The number of rotatable bonds is 14. The molecule has 0 aliphatic rings. The quantitative estimate of drug-likeness (QED) is 0.209. The molecular formula is C17H29NO7Si. The molecule has 0 amide bonds. The molecule has 1 rings (SSSR count). The predicted molar refractivity (Wildman–Crippen MR) is 99.4 cm³/mol. The highest BCUT2D eigenvalue weighted by Crippen LogP contribution is 2.24. The van der Waals surface area contributed by atoms with Crippen molar-refractivity contribution in [2.24, 2.45) is 0 Å². The third-order valence-electron chi connectivity index (χ3n) is 4.20. The number of benzene rings is 1. The van der Waals surface area contributed by atoms with Crippen molar-refractivity contribution in [1.82, 2.24) is 0 Å². The van der Waals surface area contributed by atoms with Gasteiger partial charge in [0.05, 0.1) is 24.2 Å². The summed E-state index contributed by atoms with van der Waals surface area (Å²) in [6.07, 6.45) is 3.87. The number of nitrogens with zero attached hydrogens (tertiary/aromatic N) is 1. The van der Waals surface area contributed by atoms with E-state index in [1.54, 1.807) is 33.5 Å². The van der Waals surface area contributed by atoms with Crippen LogP contribution in [0.3, 0.4) is 0 Å². The number of nitro benzene ring substituents is 1. The van der Waals surface area contributed by atoms with Crippen LogP contribution in [0.4, 0.5) is 5.69 Å². The summed E-state index contributed by atoms with van der Waals surface area (Å²) in [5.41, 5.74) is 0.566. The van der Waals surface area contributed by atoms with Gasteiger partial charge in [-0.3, -0.25) is 10.1 Å². The number of ether oxygens (including phenoxy) is 2. The maximum Gasteiger partial charge on any atom is 0.500 e. The van der Waals surface area contributed by atoms with Crippen LogP contribution in [0, 0.1) is 10.1 Å². The molecule has 0 aromatic heterocycles. The molecule has 0 aliphatic carbocycles. The van der Waals surface area contributed by atoms with E-state index in [1.807, 2.05) is 0 Å². The van der Waals surface area contributed by atoms with Crippen LogP contribution in [-0.2, 0) is 24.6 Å². The molecule has 0 spiro atoms. The summed E-state index contributed by atoms with van der Waals surface area (Å²) in [5.74, 6) is 0.580. The van der Waals surface area contributed by atoms with E-state index < -0.39 is 13.7 Å². The minimum Gasteiger partial charge on any atom is -0.497 e. The first kappa shape index (κ1) is 22.5. The largest absolute Gasteiger partial charge is 0.500 e. The first-order chi connectivity index (χ1) is 12.5. The van der Waals surface area contributed by atoms with Gasteiger partial charge in [-0.1, -0.05) is 12.8 Å². The molecule has 0 atom stereocenters. The van der Waals surface area contributed by atoms with Gasteiger partial charge < -0.3 is 22.8 Å². The van der Waals surface area contributed by atoms with Crippen LogP contribution >= 0.6 is 0 Å². The number of methoxy groups -OCH3 is 1. The fraction of sp³-hybridized carbons (Fsp3) is 0.647. The summed E-state index contributed by atoms with van der Waals surface area (Å²) in [7, 11) is 3.91. The van der Waals surface area contributed by atoms with Gasteiger partial charge in [0.2, 0.25) is 0 Å². The lowest BCUT2D eigenvalue weighted by molar-refractivity contribution is -0.386. The van der Waals surface area contributed by atoms with Crippen LogP contribution in [0.1, 0.15) is 31.2 Å². The van der Waals surface area contributed by atoms with Gasteiger partial charge in [0.1, 0.15) is 5.75 Å². The summed E-state index contributed by atoms with van der Waals surface area (Å²) in [5, 5.41) is 11.1. The van der Waals surface area contributed by atoms with Crippen molar-refractivity contribution < 1.29 is 27.7 Å². The zero-order chi connectivity index (χ0) is 19.4. The highest BCUT2D eigenvalue weighted by molar-refractivity contribution is 6.60. The molecule has 0 bridgehead atoms. The normalized spacial score (nSPS) is 11.5. The molecule has 0 N–H and O–H groups in total. The van der Waals surface area contributed by atoms with Crippen LogP contribution < -0.4 is 4.74 Å². The molecule has 9 heteroatoms. The lowest BCUT2D eigenvalue weighted by Gasteiger charge is -2.24. The Bertz CT molecular complexity index is 544. The third-order valence-corrected chi connectivity index (χ3v) is 7.03. The molecule has 8 nitrogen and oxygen atoms in total. The second-order valence-corrected chi connectivity index (χ2v) is 8.85. The van der Waals surface area contributed by atoms with Gasteiger partial charge in [-0.25, -0.2) is 0 Å². The zero-order valence-corrected chi connectivity index (χ0v) is 17.0. The second kappa shape index (κ2) is 12.0. The van der Waals surface area contributed by atoms with Crippen molar-refractivity contribution >= 4 is 14.5 Å². The second-order valence-electron chi connectivity index (χ2n) is 5.76. The predicted octanol–water partition coefficient (Wildman–Crippen LogP) is 3.56. The monoisotopic (exact) mass is 387 g/mol. The van der Waals surface area contributed by atoms with Crippen molar-refractivity contribution in [2.45, 2.75) is 38.3 Å². The van der Waals surface area contributed by atoms with E-state index in [0.29, 0.717) is 17.9 Å². The molecule has 0 saturated carbocycles. The van der Waals surface area contributed by atoms with Gasteiger partial charge >= 0.3 is 8.80 Å². The van der Waals surface area contributed by atoms with Crippen molar-refractivity contribution in [1.29, 1.82) is 0 Å². The first-order valence-corrected chi connectivity index (χ1v) is 10.5. The standard InChI is InChI=1S/C17H29NO7Si/c1-21-16-9-10-17(18(19)20)15(13-16)14-25-11-7-5-6-8-12-26(22-2,23-3)24-4/h9-10,13H,5-8,11-12,14H2,1-4H3. The van der Waals surface area contributed by atoms with Crippen molar-refractivity contribution in [3.05, 3.63) is 33.9 Å². The molecule has 0 fully saturated rings. The maximum absolute atomic E-state index is 11.1. The molecule has 0 unspecified atom stereocenters. The Kier molecular flexibility index (Phi) is 10.4. The zero-order valence-electron chi connectivity index (χ0n) is 16.0. The summed E-state index contributed by atoms with van der Waals surface area (Å²) in [4.78, 5) is 10.7. The summed E-state index contributed by atoms with van der Waals surface area (Å²) < 4.78 is 26.9. The Balaban J connectivity index is 2.28. The van der Waals surface area contributed by atoms with Crippen LogP contribution in [0.15, 0.2) is 18.2 Å². The smallest absolute Gasteiger partial charge is 0.497 e. The topological polar surface area (TPSA) is 89.3 Å². The van der Waals surface area contributed by atoms with Crippen molar-refractivity contribution in [2.75, 3.05) is 35.0 Å². The van der Waals surface area contributed by atoms with E-state index in [0.717, 1.165) is 31.7 Å². The minimum atomic E-state index is -2.47. The molecular weight excluding hydrogens is 358 g/mol. The summed E-state index contributed by atoms with van der Waals surface area (Å²) in [6, 6.07) is 5.44. The van der Waals surface area contributed by atoms with Crippen molar-refractivity contribution in [3.8, 4) is 5.75 Å². The van der Waals surface area contributed by atoms with E-state index >= 15 is 0 Å². The molecule has 0 heterocycles. The molecule has 26 heavy (non-hydrogen) atoms. The van der Waals surface area contributed by atoms with Crippen LogP contribution in [0.2, 0.25) is 6.04 Å². The molecule has 0 saturated heterocycles.